The van der Waals surface area contributed by atoms with Crippen molar-refractivity contribution in [1.29, 1.82) is 0 Å². The van der Waals surface area contributed by atoms with E-state index in [1.165, 1.54) is 37.1 Å². The summed E-state index contributed by atoms with van der Waals surface area (Å²) in [5.41, 5.74) is 0.452. The van der Waals surface area contributed by atoms with Crippen LogP contribution in [0.2, 0.25) is 0 Å². The first kappa shape index (κ1) is 18.1. The molecule has 7 nitrogen and oxygen atoms in total. The molecule has 1 saturated heterocycles. The van der Waals surface area contributed by atoms with Gasteiger partial charge >= 0.3 is 5.97 Å². The van der Waals surface area contributed by atoms with Crippen LogP contribution in [0.15, 0.2) is 18.2 Å². The van der Waals surface area contributed by atoms with Crippen LogP contribution in [0.4, 0.5) is 5.69 Å². The van der Waals surface area contributed by atoms with E-state index in [1.807, 2.05) is 6.92 Å². The highest BCUT2D eigenvalue weighted by Gasteiger charge is 2.34. The number of amides is 2. The third-order valence-corrected chi connectivity index (χ3v) is 4.68. The van der Waals surface area contributed by atoms with Gasteiger partial charge in [-0.1, -0.05) is 6.92 Å². The van der Waals surface area contributed by atoms with Crippen LogP contribution in [0.5, 0.6) is 5.75 Å². The van der Waals surface area contributed by atoms with Gasteiger partial charge in [0, 0.05) is 23.9 Å². The molecule has 1 aliphatic rings. The summed E-state index contributed by atoms with van der Waals surface area (Å²) in [5, 5.41) is 11.8. The summed E-state index contributed by atoms with van der Waals surface area (Å²) >= 11 is 1.54. The molecular formula is C16H20N2O5S. The number of benzene rings is 1. The lowest BCUT2D eigenvalue weighted by molar-refractivity contribution is -0.136. The van der Waals surface area contributed by atoms with E-state index >= 15 is 0 Å². The second-order valence-electron chi connectivity index (χ2n) is 5.34. The Morgan fingerprint density at radius 3 is 2.79 bits per heavy atom. The Bertz CT molecular complexity index is 649. The van der Waals surface area contributed by atoms with Crippen LogP contribution in [-0.2, 0) is 9.59 Å². The normalized spacial score (nSPS) is 16.8. The molecular weight excluding hydrogens is 332 g/mol. The van der Waals surface area contributed by atoms with Crippen LogP contribution in [0, 0.1) is 0 Å². The van der Waals surface area contributed by atoms with Crippen LogP contribution < -0.4 is 10.1 Å². The summed E-state index contributed by atoms with van der Waals surface area (Å²) in [7, 11) is 1.37. The van der Waals surface area contributed by atoms with Crippen molar-refractivity contribution in [3.05, 3.63) is 23.8 Å². The number of anilines is 1. The zero-order valence-electron chi connectivity index (χ0n) is 13.6. The minimum Gasteiger partial charge on any atom is -0.496 e. The number of hydrogen-bond acceptors (Lipinski definition) is 5. The Morgan fingerprint density at radius 1 is 1.42 bits per heavy atom. The van der Waals surface area contributed by atoms with Gasteiger partial charge in [0.2, 0.25) is 11.8 Å². The van der Waals surface area contributed by atoms with Crippen LogP contribution in [-0.4, -0.2) is 52.6 Å². The quantitative estimate of drug-likeness (QED) is 0.813. The zero-order valence-corrected chi connectivity index (χ0v) is 14.4. The topological polar surface area (TPSA) is 95.9 Å². The van der Waals surface area contributed by atoms with Gasteiger partial charge in [0.05, 0.1) is 13.0 Å². The van der Waals surface area contributed by atoms with Gasteiger partial charge < -0.3 is 20.1 Å². The van der Waals surface area contributed by atoms with Crippen molar-refractivity contribution in [2.45, 2.75) is 25.8 Å². The lowest BCUT2D eigenvalue weighted by Gasteiger charge is -2.23. The van der Waals surface area contributed by atoms with E-state index in [0.717, 1.165) is 6.42 Å². The number of carboxylic acids is 1. The van der Waals surface area contributed by atoms with Crippen molar-refractivity contribution in [3.63, 3.8) is 0 Å². The van der Waals surface area contributed by atoms with Crippen LogP contribution in [0.3, 0.4) is 0 Å². The number of nitrogens with zero attached hydrogens (tertiary/aromatic N) is 1. The standard InChI is InChI=1S/C16H20N2O5S/c1-3-4-14(19)18-9-24-8-12(18)15(20)17-10-5-6-11(16(21)22)13(7-10)23-2/h5-7,12H,3-4,8-9H2,1-2H3,(H,17,20)(H,21,22). The highest BCUT2D eigenvalue weighted by atomic mass is 32.2. The fraction of sp³-hybridized carbons (Fsp3) is 0.438. The summed E-state index contributed by atoms with van der Waals surface area (Å²) in [6, 6.07) is 3.82. The number of thioether (sulfide) groups is 1. The Morgan fingerprint density at radius 2 is 2.17 bits per heavy atom. The molecule has 24 heavy (non-hydrogen) atoms. The molecule has 0 bridgehead atoms. The van der Waals surface area contributed by atoms with E-state index in [4.69, 9.17) is 9.84 Å². The van der Waals surface area contributed by atoms with E-state index in [9.17, 15) is 14.4 Å². The predicted octanol–water partition coefficient (Wildman–Crippen LogP) is 2.03. The van der Waals surface area contributed by atoms with Crippen molar-refractivity contribution in [3.8, 4) is 5.75 Å². The third kappa shape index (κ3) is 4.00. The number of rotatable bonds is 6. The maximum atomic E-state index is 12.5. The Labute approximate surface area is 144 Å². The molecule has 130 valence electrons. The van der Waals surface area contributed by atoms with Crippen LogP contribution in [0.25, 0.3) is 0 Å². The number of carbonyl (C=O) groups is 3. The molecule has 1 aromatic rings. The number of carboxylic acid groups (broad SMARTS) is 1. The van der Waals surface area contributed by atoms with Gasteiger partial charge in [0.25, 0.3) is 0 Å². The molecule has 8 heteroatoms. The predicted molar refractivity (Wildman–Crippen MR) is 91.5 cm³/mol. The van der Waals surface area contributed by atoms with E-state index in [2.05, 4.69) is 5.32 Å². The second kappa shape index (κ2) is 8.05. The maximum absolute atomic E-state index is 12.5. The Kier molecular flexibility index (Phi) is 6.08. The second-order valence-corrected chi connectivity index (χ2v) is 6.34. The smallest absolute Gasteiger partial charge is 0.339 e. The van der Waals surface area contributed by atoms with E-state index in [0.29, 0.717) is 23.7 Å². The number of hydrogen-bond donors (Lipinski definition) is 2. The van der Waals surface area contributed by atoms with E-state index < -0.39 is 12.0 Å². The molecule has 1 aliphatic heterocycles. The number of nitrogens with one attached hydrogen (secondary N) is 1. The van der Waals surface area contributed by atoms with Gasteiger partial charge in [-0.3, -0.25) is 9.59 Å². The van der Waals surface area contributed by atoms with Crippen LogP contribution >= 0.6 is 11.8 Å². The Hall–Kier alpha value is -2.22. The summed E-state index contributed by atoms with van der Waals surface area (Å²) in [5.74, 6) is -0.187. The molecule has 0 aliphatic carbocycles. The van der Waals surface area contributed by atoms with Gasteiger partial charge in [0.15, 0.2) is 0 Å². The van der Waals surface area contributed by atoms with Crippen molar-refractivity contribution in [2.24, 2.45) is 0 Å². The highest BCUT2D eigenvalue weighted by Crippen LogP contribution is 2.26. The van der Waals surface area contributed by atoms with Crippen molar-refractivity contribution in [2.75, 3.05) is 24.1 Å². The number of aromatic carboxylic acids is 1. The molecule has 0 saturated carbocycles. The largest absolute Gasteiger partial charge is 0.496 e. The average molecular weight is 352 g/mol. The molecule has 1 atom stereocenters. The first-order valence-corrected chi connectivity index (χ1v) is 8.72. The number of methoxy groups -OCH3 is 1. The zero-order chi connectivity index (χ0) is 17.7. The monoisotopic (exact) mass is 352 g/mol. The molecule has 0 aromatic heterocycles. The van der Waals surface area contributed by atoms with E-state index in [1.54, 1.807) is 4.90 Å². The fourth-order valence-corrected chi connectivity index (χ4v) is 3.61. The average Bonchev–Trinajstić information content (AvgIpc) is 3.04. The first-order chi connectivity index (χ1) is 11.5. The third-order valence-electron chi connectivity index (χ3n) is 3.67. The molecule has 0 radical (unpaired) electrons. The lowest BCUT2D eigenvalue weighted by Crippen LogP contribution is -2.44. The van der Waals surface area contributed by atoms with Crippen molar-refractivity contribution >= 4 is 35.2 Å². The maximum Gasteiger partial charge on any atom is 0.339 e. The molecule has 2 rings (SSSR count). The molecule has 1 unspecified atom stereocenters. The summed E-state index contributed by atoms with van der Waals surface area (Å²) in [6.45, 7) is 1.92. The molecule has 1 heterocycles. The molecule has 1 aromatic carbocycles. The van der Waals surface area contributed by atoms with Gasteiger partial charge in [-0.2, -0.15) is 0 Å². The minimum absolute atomic E-state index is 0.0201. The highest BCUT2D eigenvalue weighted by molar-refractivity contribution is 7.99. The molecule has 1 fully saturated rings. The molecule has 0 spiro atoms. The van der Waals surface area contributed by atoms with Gasteiger partial charge in [0.1, 0.15) is 17.4 Å². The van der Waals surface area contributed by atoms with Crippen LogP contribution in [0.1, 0.15) is 30.1 Å². The molecule has 2 amide bonds. The SMILES string of the molecule is CCCC(=O)N1CSCC1C(=O)Nc1ccc(C(=O)O)c(OC)c1. The van der Waals surface area contributed by atoms with Gasteiger partial charge in [-0.05, 0) is 18.6 Å². The fourth-order valence-electron chi connectivity index (χ4n) is 2.43. The lowest BCUT2D eigenvalue weighted by atomic mass is 10.1. The summed E-state index contributed by atoms with van der Waals surface area (Å²) < 4.78 is 5.04. The van der Waals surface area contributed by atoms with Gasteiger partial charge in [-0.15, -0.1) is 11.8 Å². The van der Waals surface area contributed by atoms with Gasteiger partial charge in [-0.25, -0.2) is 4.79 Å². The first-order valence-electron chi connectivity index (χ1n) is 7.57. The number of ether oxygens (including phenoxy) is 1. The molecule has 2 N–H and O–H groups in total. The summed E-state index contributed by atoms with van der Waals surface area (Å²) in [4.78, 5) is 37.2. The van der Waals surface area contributed by atoms with Crippen molar-refractivity contribution in [1.82, 2.24) is 4.90 Å². The van der Waals surface area contributed by atoms with E-state index in [-0.39, 0.29) is 23.1 Å². The Balaban J connectivity index is 2.11. The van der Waals surface area contributed by atoms with Crippen molar-refractivity contribution < 1.29 is 24.2 Å². The minimum atomic E-state index is -1.10. The number of carbonyl (C=O) groups excluding carboxylic acids is 2. The summed E-state index contributed by atoms with van der Waals surface area (Å²) in [6.07, 6.45) is 1.16.